The summed E-state index contributed by atoms with van der Waals surface area (Å²) in [5.74, 6) is 0.110. The topological polar surface area (TPSA) is 93.5 Å². The van der Waals surface area contributed by atoms with Gasteiger partial charge in [0.15, 0.2) is 0 Å². The number of imidazole rings is 1. The Kier molecular flexibility index (Phi) is 7.19. The number of nitrogens with one attached hydrogen (secondary N) is 1. The van der Waals surface area contributed by atoms with E-state index >= 15 is 0 Å². The molecular weight excluding hydrogens is 356 g/mol. The first-order valence-electron chi connectivity index (χ1n) is 9.08. The fourth-order valence-corrected chi connectivity index (χ4v) is 4.10. The molecule has 1 aromatic heterocycles. The molecule has 1 aliphatic heterocycles. The van der Waals surface area contributed by atoms with E-state index in [9.17, 15) is 13.2 Å². The molecule has 0 bridgehead atoms. The van der Waals surface area contributed by atoms with Crippen molar-refractivity contribution in [3.8, 4) is 0 Å². The van der Waals surface area contributed by atoms with E-state index in [0.717, 1.165) is 18.7 Å². The molecule has 1 aromatic rings. The molecule has 0 aliphatic carbocycles. The Balaban J connectivity index is 2.23. The predicted molar refractivity (Wildman–Crippen MR) is 98.5 cm³/mol. The van der Waals surface area contributed by atoms with Crippen LogP contribution in [0.5, 0.6) is 0 Å². The standard InChI is InChI=1S/C17H30N4O4S/c1-5-26(23,24)17-18-10-15(21(17)8-9-25-4)12-20(13(2)3)11-14-6-7-16(22)19-14/h10,13-14H,5-9,11-12H2,1-4H3,(H,19,22). The fourth-order valence-electron chi connectivity index (χ4n) is 3.08. The van der Waals surface area contributed by atoms with Gasteiger partial charge in [0.2, 0.25) is 20.9 Å². The van der Waals surface area contributed by atoms with E-state index in [0.29, 0.717) is 26.1 Å². The SMILES string of the molecule is CCS(=O)(=O)c1ncc(CN(CC2CCC(=O)N2)C(C)C)n1CCOC. The second kappa shape index (κ2) is 8.96. The van der Waals surface area contributed by atoms with Crippen LogP contribution in [-0.4, -0.2) is 66.9 Å². The minimum absolute atomic E-state index is 0.0123. The first-order valence-corrected chi connectivity index (χ1v) is 10.7. The molecule has 8 nitrogen and oxygen atoms in total. The molecule has 1 saturated heterocycles. The molecule has 0 radical (unpaired) electrons. The van der Waals surface area contributed by atoms with Crippen LogP contribution in [0.4, 0.5) is 0 Å². The lowest BCUT2D eigenvalue weighted by molar-refractivity contribution is -0.119. The number of aromatic nitrogens is 2. The molecule has 1 N–H and O–H groups in total. The Morgan fingerprint density at radius 1 is 1.46 bits per heavy atom. The number of carbonyl (C=O) groups is 1. The van der Waals surface area contributed by atoms with Crippen LogP contribution in [0.25, 0.3) is 0 Å². The van der Waals surface area contributed by atoms with Gasteiger partial charge >= 0.3 is 0 Å². The first-order chi connectivity index (χ1) is 12.3. The minimum Gasteiger partial charge on any atom is -0.383 e. The molecule has 1 atom stereocenters. The quantitative estimate of drug-likeness (QED) is 0.640. The number of methoxy groups -OCH3 is 1. The van der Waals surface area contributed by atoms with Gasteiger partial charge in [0, 0.05) is 45.2 Å². The maximum Gasteiger partial charge on any atom is 0.227 e. The highest BCUT2D eigenvalue weighted by molar-refractivity contribution is 7.91. The molecule has 26 heavy (non-hydrogen) atoms. The smallest absolute Gasteiger partial charge is 0.227 e. The van der Waals surface area contributed by atoms with Crippen LogP contribution in [0.15, 0.2) is 11.4 Å². The molecule has 148 valence electrons. The van der Waals surface area contributed by atoms with Crippen LogP contribution < -0.4 is 5.32 Å². The van der Waals surface area contributed by atoms with Crippen LogP contribution in [0, 0.1) is 0 Å². The van der Waals surface area contributed by atoms with Crippen molar-refractivity contribution in [2.75, 3.05) is 26.0 Å². The van der Waals surface area contributed by atoms with Gasteiger partial charge in [-0.05, 0) is 20.3 Å². The van der Waals surface area contributed by atoms with Crippen LogP contribution in [-0.2, 0) is 32.5 Å². The summed E-state index contributed by atoms with van der Waals surface area (Å²) < 4.78 is 31.6. The average molecular weight is 387 g/mol. The maximum absolute atomic E-state index is 12.3. The summed E-state index contributed by atoms with van der Waals surface area (Å²) in [6.07, 6.45) is 3.04. The van der Waals surface area contributed by atoms with E-state index in [1.54, 1.807) is 24.8 Å². The van der Waals surface area contributed by atoms with Crippen LogP contribution in [0.1, 0.15) is 39.3 Å². The highest BCUT2D eigenvalue weighted by Gasteiger charge is 2.26. The van der Waals surface area contributed by atoms with Crippen molar-refractivity contribution in [1.29, 1.82) is 0 Å². The van der Waals surface area contributed by atoms with Gasteiger partial charge in [-0.15, -0.1) is 0 Å². The molecule has 1 amide bonds. The Bertz CT molecular complexity index is 714. The second-order valence-corrected chi connectivity index (χ2v) is 9.08. The monoisotopic (exact) mass is 386 g/mol. The van der Waals surface area contributed by atoms with Gasteiger partial charge in [-0.3, -0.25) is 9.69 Å². The number of rotatable bonds is 10. The van der Waals surface area contributed by atoms with Crippen molar-refractivity contribution in [3.63, 3.8) is 0 Å². The van der Waals surface area contributed by atoms with Gasteiger partial charge in [-0.2, -0.15) is 0 Å². The van der Waals surface area contributed by atoms with Crippen LogP contribution in [0.2, 0.25) is 0 Å². The normalized spacial score (nSPS) is 18.1. The number of amides is 1. The number of hydrogen-bond donors (Lipinski definition) is 1. The van der Waals surface area contributed by atoms with E-state index in [1.165, 1.54) is 0 Å². The third kappa shape index (κ3) is 5.05. The molecule has 2 rings (SSSR count). The number of carbonyl (C=O) groups excluding carboxylic acids is 1. The Morgan fingerprint density at radius 3 is 2.73 bits per heavy atom. The number of ether oxygens (including phenoxy) is 1. The first kappa shape index (κ1) is 20.9. The van der Waals surface area contributed by atoms with Crippen molar-refractivity contribution in [3.05, 3.63) is 11.9 Å². The van der Waals surface area contributed by atoms with Gasteiger partial charge in [0.1, 0.15) is 0 Å². The van der Waals surface area contributed by atoms with Gasteiger partial charge in [0.05, 0.1) is 24.3 Å². The van der Waals surface area contributed by atoms with Gasteiger partial charge in [-0.25, -0.2) is 13.4 Å². The van der Waals surface area contributed by atoms with E-state index in [2.05, 4.69) is 29.0 Å². The largest absolute Gasteiger partial charge is 0.383 e. The minimum atomic E-state index is -3.40. The summed E-state index contributed by atoms with van der Waals surface area (Å²) in [6.45, 7) is 7.96. The zero-order valence-electron chi connectivity index (χ0n) is 16.1. The summed E-state index contributed by atoms with van der Waals surface area (Å²) in [5, 5.41) is 3.10. The van der Waals surface area contributed by atoms with E-state index in [4.69, 9.17) is 4.74 Å². The fraction of sp³-hybridized carbons (Fsp3) is 0.765. The highest BCUT2D eigenvalue weighted by atomic mass is 32.2. The number of sulfone groups is 1. The molecule has 1 aliphatic rings. The Hall–Kier alpha value is -1.45. The average Bonchev–Trinajstić information content (AvgIpc) is 3.18. The molecule has 0 aromatic carbocycles. The van der Waals surface area contributed by atoms with Gasteiger partial charge in [0.25, 0.3) is 0 Å². The molecular formula is C17H30N4O4S. The zero-order chi connectivity index (χ0) is 19.3. The lowest BCUT2D eigenvalue weighted by atomic mass is 10.2. The third-order valence-corrected chi connectivity index (χ3v) is 6.36. The third-order valence-electron chi connectivity index (χ3n) is 4.71. The van der Waals surface area contributed by atoms with E-state index < -0.39 is 9.84 Å². The molecule has 0 saturated carbocycles. The molecule has 1 unspecified atom stereocenters. The van der Waals surface area contributed by atoms with Crippen LogP contribution in [0.3, 0.4) is 0 Å². The maximum atomic E-state index is 12.3. The van der Waals surface area contributed by atoms with E-state index in [1.807, 2.05) is 0 Å². The molecule has 2 heterocycles. The lowest BCUT2D eigenvalue weighted by Crippen LogP contribution is -2.42. The molecule has 1 fully saturated rings. The second-order valence-electron chi connectivity index (χ2n) is 6.91. The van der Waals surface area contributed by atoms with Crippen molar-refractivity contribution in [1.82, 2.24) is 19.8 Å². The summed E-state index contributed by atoms with van der Waals surface area (Å²) in [5.41, 5.74) is 0.840. The lowest BCUT2D eigenvalue weighted by Gasteiger charge is -2.29. The zero-order valence-corrected chi connectivity index (χ0v) is 16.9. The molecule has 9 heteroatoms. The van der Waals surface area contributed by atoms with E-state index in [-0.39, 0.29) is 28.9 Å². The molecule has 0 spiro atoms. The highest BCUT2D eigenvalue weighted by Crippen LogP contribution is 2.18. The van der Waals surface area contributed by atoms with Crippen molar-refractivity contribution < 1.29 is 17.9 Å². The van der Waals surface area contributed by atoms with Gasteiger partial charge in [-0.1, -0.05) is 6.92 Å². The summed E-state index contributed by atoms with van der Waals surface area (Å²) in [4.78, 5) is 17.9. The van der Waals surface area contributed by atoms with Crippen molar-refractivity contribution >= 4 is 15.7 Å². The van der Waals surface area contributed by atoms with Gasteiger partial charge < -0.3 is 14.6 Å². The Morgan fingerprint density at radius 2 is 2.19 bits per heavy atom. The summed E-state index contributed by atoms with van der Waals surface area (Å²) in [6, 6.07) is 0.392. The van der Waals surface area contributed by atoms with Crippen LogP contribution >= 0.6 is 0 Å². The summed E-state index contributed by atoms with van der Waals surface area (Å²) in [7, 11) is -1.81. The van der Waals surface area contributed by atoms with Crippen molar-refractivity contribution in [2.45, 2.75) is 63.9 Å². The number of nitrogens with zero attached hydrogens (tertiary/aromatic N) is 3. The Labute approximate surface area is 155 Å². The summed E-state index contributed by atoms with van der Waals surface area (Å²) >= 11 is 0. The predicted octanol–water partition coefficient (Wildman–Crippen LogP) is 0.812. The van der Waals surface area contributed by atoms with Crippen molar-refractivity contribution in [2.24, 2.45) is 0 Å². The number of hydrogen-bond acceptors (Lipinski definition) is 6.